The Balaban J connectivity index is 1.83. The lowest BCUT2D eigenvalue weighted by Crippen LogP contribution is -2.36. The molecule has 0 aliphatic heterocycles. The van der Waals surface area contributed by atoms with Crippen LogP contribution >= 0.6 is 27.3 Å². The van der Waals surface area contributed by atoms with Gasteiger partial charge in [-0.15, -0.1) is 11.3 Å². The molecule has 0 aliphatic rings. The van der Waals surface area contributed by atoms with E-state index in [0.29, 0.717) is 16.4 Å². The van der Waals surface area contributed by atoms with E-state index in [2.05, 4.69) is 31.5 Å². The molecule has 0 atom stereocenters. The van der Waals surface area contributed by atoms with Gasteiger partial charge < -0.3 is 15.4 Å². The number of halogens is 1. The van der Waals surface area contributed by atoms with Crippen LogP contribution in [-0.2, 0) is 14.3 Å². The fourth-order valence-electron chi connectivity index (χ4n) is 2.12. The lowest BCUT2D eigenvalue weighted by Gasteiger charge is -2.15. The third-order valence-corrected chi connectivity index (χ3v) is 4.53. The molecular formula is C17H19BrN4O4S. The summed E-state index contributed by atoms with van der Waals surface area (Å²) in [6, 6.07) is 5.03. The molecule has 144 valence electrons. The maximum absolute atomic E-state index is 12.2. The zero-order valence-corrected chi connectivity index (χ0v) is 17.2. The number of hydrogen-bond acceptors (Lipinski definition) is 7. The number of nitrogens with one attached hydrogen (secondary N) is 2. The van der Waals surface area contributed by atoms with Gasteiger partial charge >= 0.3 is 5.97 Å². The van der Waals surface area contributed by atoms with Crippen LogP contribution in [0.1, 0.15) is 17.3 Å². The predicted octanol–water partition coefficient (Wildman–Crippen LogP) is 2.59. The quantitative estimate of drug-likeness (QED) is 0.594. The van der Waals surface area contributed by atoms with Crippen molar-refractivity contribution in [1.29, 1.82) is 0 Å². The van der Waals surface area contributed by atoms with Gasteiger partial charge in [0.05, 0.1) is 25.3 Å². The van der Waals surface area contributed by atoms with E-state index in [1.54, 1.807) is 48.6 Å². The molecule has 0 aromatic carbocycles. The van der Waals surface area contributed by atoms with Gasteiger partial charge in [0, 0.05) is 10.7 Å². The van der Waals surface area contributed by atoms with E-state index in [1.807, 2.05) is 0 Å². The Morgan fingerprint density at radius 1 is 1.19 bits per heavy atom. The van der Waals surface area contributed by atoms with Gasteiger partial charge in [0.15, 0.2) is 0 Å². The Morgan fingerprint density at radius 3 is 2.52 bits per heavy atom. The zero-order chi connectivity index (χ0) is 19.8. The Morgan fingerprint density at radius 2 is 1.89 bits per heavy atom. The number of carbonyl (C=O) groups is 3. The number of likely N-dealkylation sites (N-methyl/N-ethyl adjacent to an activating group) is 1. The second-order valence-corrected chi connectivity index (χ2v) is 7.35. The molecule has 10 heteroatoms. The molecule has 2 aromatic rings. The number of rotatable bonds is 8. The Kier molecular flexibility index (Phi) is 7.89. The second kappa shape index (κ2) is 10.1. The molecule has 0 radical (unpaired) electrons. The van der Waals surface area contributed by atoms with E-state index >= 15 is 0 Å². The largest absolute Gasteiger partial charge is 0.462 e. The van der Waals surface area contributed by atoms with Crippen molar-refractivity contribution in [3.8, 4) is 0 Å². The molecule has 0 aliphatic carbocycles. The van der Waals surface area contributed by atoms with Crippen molar-refractivity contribution in [2.24, 2.45) is 0 Å². The smallest absolute Gasteiger partial charge is 0.341 e. The highest BCUT2D eigenvalue weighted by Crippen LogP contribution is 2.24. The van der Waals surface area contributed by atoms with Gasteiger partial charge in [-0.3, -0.25) is 14.5 Å². The van der Waals surface area contributed by atoms with Gasteiger partial charge in [-0.05, 0) is 53.5 Å². The fourth-order valence-corrected chi connectivity index (χ4v) is 3.15. The molecule has 0 saturated heterocycles. The lowest BCUT2D eigenvalue weighted by molar-refractivity contribution is -0.119. The monoisotopic (exact) mass is 454 g/mol. The standard InChI is InChI=1S/C17H19BrN4O4S/c1-3-26-17(25)12-6-7-27-16(12)21-15(24)10-22(2)9-14(23)20-13-5-4-11(18)8-19-13/h4-8H,3,9-10H2,1-2H3,(H,21,24)(H,19,20,23). The van der Waals surface area contributed by atoms with Crippen molar-refractivity contribution in [2.75, 3.05) is 37.4 Å². The average Bonchev–Trinajstić information content (AvgIpc) is 3.04. The maximum atomic E-state index is 12.2. The highest BCUT2D eigenvalue weighted by molar-refractivity contribution is 9.10. The number of aromatic nitrogens is 1. The summed E-state index contributed by atoms with van der Waals surface area (Å²) in [5.74, 6) is -0.675. The molecule has 2 aromatic heterocycles. The van der Waals surface area contributed by atoms with Crippen molar-refractivity contribution in [3.63, 3.8) is 0 Å². The maximum Gasteiger partial charge on any atom is 0.341 e. The van der Waals surface area contributed by atoms with E-state index in [1.165, 1.54) is 11.3 Å². The molecule has 2 amide bonds. The summed E-state index contributed by atoms with van der Waals surface area (Å²) in [6.45, 7) is 1.97. The minimum atomic E-state index is -0.483. The van der Waals surface area contributed by atoms with Gasteiger partial charge in [-0.25, -0.2) is 9.78 Å². The minimum absolute atomic E-state index is 0.0125. The number of thiophene rings is 1. The summed E-state index contributed by atoms with van der Waals surface area (Å²) >= 11 is 4.50. The van der Waals surface area contributed by atoms with Gasteiger partial charge in [0.2, 0.25) is 11.8 Å². The third kappa shape index (κ3) is 6.74. The van der Waals surface area contributed by atoms with E-state index in [-0.39, 0.29) is 31.5 Å². The summed E-state index contributed by atoms with van der Waals surface area (Å²) in [4.78, 5) is 41.7. The van der Waals surface area contributed by atoms with Crippen molar-refractivity contribution < 1.29 is 19.1 Å². The van der Waals surface area contributed by atoms with Crippen LogP contribution in [0.5, 0.6) is 0 Å². The SMILES string of the molecule is CCOC(=O)c1ccsc1NC(=O)CN(C)CC(=O)Nc1ccc(Br)cn1. The van der Waals surface area contributed by atoms with Crippen molar-refractivity contribution in [2.45, 2.75) is 6.92 Å². The molecule has 0 unspecified atom stereocenters. The van der Waals surface area contributed by atoms with E-state index in [4.69, 9.17) is 4.74 Å². The average molecular weight is 455 g/mol. The molecule has 0 spiro atoms. The van der Waals surface area contributed by atoms with Crippen LogP contribution in [0.3, 0.4) is 0 Å². The van der Waals surface area contributed by atoms with E-state index in [0.717, 1.165) is 4.47 Å². The molecule has 0 fully saturated rings. The first-order valence-electron chi connectivity index (χ1n) is 8.03. The first-order valence-corrected chi connectivity index (χ1v) is 9.70. The van der Waals surface area contributed by atoms with Crippen LogP contribution in [0.2, 0.25) is 0 Å². The zero-order valence-electron chi connectivity index (χ0n) is 14.8. The van der Waals surface area contributed by atoms with Gasteiger partial charge in [0.25, 0.3) is 0 Å². The van der Waals surface area contributed by atoms with Crippen LogP contribution in [0.25, 0.3) is 0 Å². The van der Waals surface area contributed by atoms with Crippen LogP contribution in [0, 0.1) is 0 Å². The fraction of sp³-hybridized carbons (Fsp3) is 0.294. The highest BCUT2D eigenvalue weighted by atomic mass is 79.9. The summed E-state index contributed by atoms with van der Waals surface area (Å²) in [6.07, 6.45) is 1.58. The second-order valence-electron chi connectivity index (χ2n) is 5.51. The normalized spacial score (nSPS) is 10.5. The number of hydrogen-bond donors (Lipinski definition) is 2. The molecule has 8 nitrogen and oxygen atoms in total. The summed E-state index contributed by atoms with van der Waals surface area (Å²) in [7, 11) is 1.65. The predicted molar refractivity (Wildman–Crippen MR) is 107 cm³/mol. The molecule has 27 heavy (non-hydrogen) atoms. The Bertz CT molecular complexity index is 810. The highest BCUT2D eigenvalue weighted by Gasteiger charge is 2.17. The lowest BCUT2D eigenvalue weighted by atomic mass is 10.3. The number of ether oxygens (including phenoxy) is 1. The number of esters is 1. The van der Waals surface area contributed by atoms with Crippen molar-refractivity contribution >= 4 is 55.9 Å². The number of nitrogens with zero attached hydrogens (tertiary/aromatic N) is 2. The molecule has 2 N–H and O–H groups in total. The Hall–Kier alpha value is -2.30. The molecule has 2 heterocycles. The van der Waals surface area contributed by atoms with Crippen molar-refractivity contribution in [3.05, 3.63) is 39.8 Å². The number of carbonyl (C=O) groups excluding carboxylic acids is 3. The van der Waals surface area contributed by atoms with Crippen LogP contribution in [-0.4, -0.2) is 54.4 Å². The summed E-state index contributed by atoms with van der Waals surface area (Å²) < 4.78 is 5.76. The number of amides is 2. The number of anilines is 2. The van der Waals surface area contributed by atoms with Crippen LogP contribution < -0.4 is 10.6 Å². The summed E-state index contributed by atoms with van der Waals surface area (Å²) in [5, 5.41) is 7.46. The minimum Gasteiger partial charge on any atom is -0.462 e. The Labute approximate surface area is 169 Å². The molecule has 0 saturated carbocycles. The van der Waals surface area contributed by atoms with Gasteiger partial charge in [-0.1, -0.05) is 0 Å². The first kappa shape index (κ1) is 21.0. The summed E-state index contributed by atoms with van der Waals surface area (Å²) in [5.41, 5.74) is 0.317. The molecule has 2 rings (SSSR count). The third-order valence-electron chi connectivity index (χ3n) is 3.24. The molecular weight excluding hydrogens is 436 g/mol. The first-order chi connectivity index (χ1) is 12.9. The van der Waals surface area contributed by atoms with Crippen LogP contribution in [0.4, 0.5) is 10.8 Å². The number of pyridine rings is 1. The van der Waals surface area contributed by atoms with Crippen LogP contribution in [0.15, 0.2) is 34.2 Å². The van der Waals surface area contributed by atoms with Gasteiger partial charge in [-0.2, -0.15) is 0 Å². The van der Waals surface area contributed by atoms with Crippen molar-refractivity contribution in [1.82, 2.24) is 9.88 Å². The molecule has 0 bridgehead atoms. The topological polar surface area (TPSA) is 101 Å². The van der Waals surface area contributed by atoms with Gasteiger partial charge in [0.1, 0.15) is 10.8 Å². The van der Waals surface area contributed by atoms with E-state index < -0.39 is 5.97 Å². The van der Waals surface area contributed by atoms with E-state index in [9.17, 15) is 14.4 Å².